The van der Waals surface area contributed by atoms with E-state index >= 15 is 0 Å². The summed E-state index contributed by atoms with van der Waals surface area (Å²) in [7, 11) is 1.87. The van der Waals surface area contributed by atoms with Crippen LogP contribution in [-0.4, -0.2) is 19.5 Å². The molecule has 0 fully saturated rings. The fourth-order valence-corrected chi connectivity index (χ4v) is 1.04. The third kappa shape index (κ3) is 4.19. The van der Waals surface area contributed by atoms with Crippen LogP contribution >= 0.6 is 0 Å². The van der Waals surface area contributed by atoms with Gasteiger partial charge < -0.3 is 10.6 Å². The molecule has 0 radical (unpaired) electrons. The van der Waals surface area contributed by atoms with E-state index in [9.17, 15) is 4.79 Å². The second-order valence-corrected chi connectivity index (χ2v) is 3.04. The van der Waals surface area contributed by atoms with Crippen molar-refractivity contribution in [3.8, 4) is 11.8 Å². The predicted octanol–water partition coefficient (Wildman–Crippen LogP) is 1.22. The summed E-state index contributed by atoms with van der Waals surface area (Å²) in [5, 5.41) is 5.64. The summed E-state index contributed by atoms with van der Waals surface area (Å²) in [6.07, 6.45) is 0. The molecule has 0 aliphatic rings. The van der Waals surface area contributed by atoms with E-state index in [-0.39, 0.29) is 5.91 Å². The average Bonchev–Trinajstić information content (AvgIpc) is 2.25. The van der Waals surface area contributed by atoms with Gasteiger partial charge in [0.15, 0.2) is 0 Å². The lowest BCUT2D eigenvalue weighted by molar-refractivity contribution is -0.118. The maximum Gasteiger partial charge on any atom is 0.217 e. The third-order valence-electron chi connectivity index (χ3n) is 1.83. The summed E-state index contributed by atoms with van der Waals surface area (Å²) in [6.45, 7) is 1.87. The van der Waals surface area contributed by atoms with Crippen LogP contribution in [0.1, 0.15) is 12.5 Å². The Labute approximate surface area is 89.9 Å². The highest BCUT2D eigenvalue weighted by Gasteiger charge is 1.88. The normalized spacial score (nSPS) is 8.67. The summed E-state index contributed by atoms with van der Waals surface area (Å²) in [4.78, 5) is 10.6. The van der Waals surface area contributed by atoms with Crippen molar-refractivity contribution >= 4 is 11.6 Å². The van der Waals surface area contributed by atoms with Crippen LogP contribution in [0.4, 0.5) is 5.69 Å². The van der Waals surface area contributed by atoms with Gasteiger partial charge in [0.25, 0.3) is 0 Å². The topological polar surface area (TPSA) is 41.1 Å². The van der Waals surface area contributed by atoms with Gasteiger partial charge in [-0.15, -0.1) is 0 Å². The summed E-state index contributed by atoms with van der Waals surface area (Å²) in [5.41, 5.74) is 2.00. The van der Waals surface area contributed by atoms with Crippen molar-refractivity contribution in [2.45, 2.75) is 6.92 Å². The fourth-order valence-electron chi connectivity index (χ4n) is 1.04. The summed E-state index contributed by atoms with van der Waals surface area (Å²) in [6, 6.07) is 7.80. The Kier molecular flexibility index (Phi) is 4.24. The summed E-state index contributed by atoms with van der Waals surface area (Å²) in [5.74, 6) is 5.77. The number of carbonyl (C=O) groups is 1. The van der Waals surface area contributed by atoms with Crippen molar-refractivity contribution in [3.05, 3.63) is 29.8 Å². The standard InChI is InChI=1S/C12H14N2O/c1-10(15)14-9-3-4-11-5-7-12(13-2)8-6-11/h5-8,13H,9H2,1-2H3,(H,14,15). The number of anilines is 1. The Bertz CT molecular complexity index is 384. The van der Waals surface area contributed by atoms with Crippen LogP contribution in [0.5, 0.6) is 0 Å². The van der Waals surface area contributed by atoms with Gasteiger partial charge in [-0.1, -0.05) is 11.8 Å². The van der Waals surface area contributed by atoms with Crippen LogP contribution in [0.2, 0.25) is 0 Å². The lowest BCUT2D eigenvalue weighted by atomic mass is 10.2. The fraction of sp³-hybridized carbons (Fsp3) is 0.250. The van der Waals surface area contributed by atoms with E-state index < -0.39 is 0 Å². The van der Waals surface area contributed by atoms with Crippen molar-refractivity contribution in [1.82, 2.24) is 5.32 Å². The Hall–Kier alpha value is -1.95. The molecule has 78 valence electrons. The molecule has 0 saturated heterocycles. The van der Waals surface area contributed by atoms with Gasteiger partial charge in [0, 0.05) is 25.2 Å². The molecule has 1 aromatic carbocycles. The summed E-state index contributed by atoms with van der Waals surface area (Å²) < 4.78 is 0. The van der Waals surface area contributed by atoms with Crippen molar-refractivity contribution in [2.75, 3.05) is 18.9 Å². The van der Waals surface area contributed by atoms with Gasteiger partial charge in [0.2, 0.25) is 5.91 Å². The first-order chi connectivity index (χ1) is 7.22. The number of amides is 1. The third-order valence-corrected chi connectivity index (χ3v) is 1.83. The molecule has 0 saturated carbocycles. The minimum Gasteiger partial charge on any atom is -0.388 e. The van der Waals surface area contributed by atoms with Gasteiger partial charge in [-0.3, -0.25) is 4.79 Å². The van der Waals surface area contributed by atoms with E-state index in [4.69, 9.17) is 0 Å². The Morgan fingerprint density at radius 1 is 1.33 bits per heavy atom. The van der Waals surface area contributed by atoms with Crippen molar-refractivity contribution in [1.29, 1.82) is 0 Å². The molecular weight excluding hydrogens is 188 g/mol. The number of carbonyl (C=O) groups excluding carboxylic acids is 1. The van der Waals surface area contributed by atoms with E-state index in [1.165, 1.54) is 6.92 Å². The van der Waals surface area contributed by atoms with E-state index in [0.717, 1.165) is 11.3 Å². The maximum absolute atomic E-state index is 10.6. The molecule has 0 spiro atoms. The lowest BCUT2D eigenvalue weighted by Crippen LogP contribution is -2.19. The van der Waals surface area contributed by atoms with Gasteiger partial charge in [0.05, 0.1) is 6.54 Å². The Morgan fingerprint density at radius 3 is 2.53 bits per heavy atom. The van der Waals surface area contributed by atoms with Gasteiger partial charge >= 0.3 is 0 Å². The van der Waals surface area contributed by atoms with Crippen molar-refractivity contribution in [2.24, 2.45) is 0 Å². The zero-order valence-corrected chi connectivity index (χ0v) is 8.92. The highest BCUT2D eigenvalue weighted by atomic mass is 16.1. The van der Waals surface area contributed by atoms with Crippen LogP contribution in [-0.2, 0) is 4.79 Å². The van der Waals surface area contributed by atoms with Crippen LogP contribution < -0.4 is 10.6 Å². The minimum absolute atomic E-state index is 0.0603. The molecule has 1 amide bonds. The maximum atomic E-state index is 10.6. The molecule has 0 unspecified atom stereocenters. The molecule has 0 heterocycles. The van der Waals surface area contributed by atoms with Gasteiger partial charge in [-0.05, 0) is 24.3 Å². The molecule has 1 rings (SSSR count). The van der Waals surface area contributed by atoms with E-state index in [1.807, 2.05) is 31.3 Å². The molecule has 2 N–H and O–H groups in total. The van der Waals surface area contributed by atoms with E-state index in [2.05, 4.69) is 22.5 Å². The average molecular weight is 202 g/mol. The number of benzene rings is 1. The van der Waals surface area contributed by atoms with Gasteiger partial charge in [0.1, 0.15) is 0 Å². The van der Waals surface area contributed by atoms with Crippen LogP contribution in [0.25, 0.3) is 0 Å². The molecule has 0 bridgehead atoms. The van der Waals surface area contributed by atoms with Crippen LogP contribution in [0.15, 0.2) is 24.3 Å². The molecule has 0 atom stereocenters. The molecule has 0 aliphatic carbocycles. The quantitative estimate of drug-likeness (QED) is 0.708. The zero-order valence-electron chi connectivity index (χ0n) is 8.92. The molecular formula is C12H14N2O. The number of hydrogen-bond donors (Lipinski definition) is 2. The molecule has 0 aromatic heterocycles. The zero-order chi connectivity index (χ0) is 11.1. The van der Waals surface area contributed by atoms with Crippen LogP contribution in [0, 0.1) is 11.8 Å². The van der Waals surface area contributed by atoms with Crippen molar-refractivity contribution < 1.29 is 4.79 Å². The number of hydrogen-bond acceptors (Lipinski definition) is 2. The SMILES string of the molecule is CNc1ccc(C#CCNC(C)=O)cc1. The molecule has 3 heteroatoms. The number of nitrogens with one attached hydrogen (secondary N) is 2. The van der Waals surface area contributed by atoms with E-state index in [0.29, 0.717) is 6.54 Å². The highest BCUT2D eigenvalue weighted by Crippen LogP contribution is 2.06. The highest BCUT2D eigenvalue weighted by molar-refractivity contribution is 5.73. The molecule has 0 aliphatic heterocycles. The van der Waals surface area contributed by atoms with Gasteiger partial charge in [-0.25, -0.2) is 0 Å². The second kappa shape index (κ2) is 5.71. The second-order valence-electron chi connectivity index (χ2n) is 3.04. The Morgan fingerprint density at radius 2 is 2.00 bits per heavy atom. The molecule has 3 nitrogen and oxygen atoms in total. The van der Waals surface area contributed by atoms with E-state index in [1.54, 1.807) is 0 Å². The summed E-state index contributed by atoms with van der Waals surface area (Å²) >= 11 is 0. The monoisotopic (exact) mass is 202 g/mol. The first-order valence-electron chi connectivity index (χ1n) is 4.73. The largest absolute Gasteiger partial charge is 0.388 e. The molecule has 15 heavy (non-hydrogen) atoms. The predicted molar refractivity (Wildman–Crippen MR) is 61.6 cm³/mol. The first-order valence-corrected chi connectivity index (χ1v) is 4.73. The minimum atomic E-state index is -0.0603. The lowest BCUT2D eigenvalue weighted by Gasteiger charge is -1.97. The molecule has 1 aromatic rings. The Balaban J connectivity index is 2.52. The van der Waals surface area contributed by atoms with Crippen molar-refractivity contribution in [3.63, 3.8) is 0 Å². The number of rotatable bonds is 2. The smallest absolute Gasteiger partial charge is 0.217 e. The first kappa shape index (κ1) is 11.1. The van der Waals surface area contributed by atoms with Crippen LogP contribution in [0.3, 0.4) is 0 Å². The van der Waals surface area contributed by atoms with Gasteiger partial charge in [-0.2, -0.15) is 0 Å².